The summed E-state index contributed by atoms with van der Waals surface area (Å²) in [5.41, 5.74) is 0. The Morgan fingerprint density at radius 3 is 2.91 bits per heavy atom. The molecule has 1 heterocycles. The molecule has 0 spiro atoms. The number of nitrogens with one attached hydrogen (secondary N) is 2. The largest absolute Gasteiger partial charge is 0.467 e. The predicted octanol–water partition coefficient (Wildman–Crippen LogP) is 3.08. The molecule has 1 aromatic heterocycles. The van der Waals surface area contributed by atoms with Gasteiger partial charge in [0.1, 0.15) is 12.4 Å². The topological polar surface area (TPSA) is 58.8 Å². The van der Waals surface area contributed by atoms with Gasteiger partial charge in [-0.15, -0.1) is 24.0 Å². The van der Waals surface area contributed by atoms with E-state index in [1.165, 1.54) is 0 Å². The van der Waals surface area contributed by atoms with Gasteiger partial charge in [0.2, 0.25) is 0 Å². The van der Waals surface area contributed by atoms with Crippen LogP contribution < -0.4 is 10.6 Å². The zero-order valence-corrected chi connectivity index (χ0v) is 15.4. The van der Waals surface area contributed by atoms with Crippen molar-refractivity contribution in [1.82, 2.24) is 10.6 Å². The van der Waals surface area contributed by atoms with Gasteiger partial charge in [-0.2, -0.15) is 0 Å². The lowest BCUT2D eigenvalue weighted by Gasteiger charge is -2.16. The third-order valence-electron chi connectivity index (χ3n) is 3.23. The van der Waals surface area contributed by atoms with Crippen molar-refractivity contribution in [2.75, 3.05) is 19.7 Å². The van der Waals surface area contributed by atoms with Crippen molar-refractivity contribution in [2.45, 2.75) is 38.8 Å². The Morgan fingerprint density at radius 1 is 1.41 bits per heavy atom. The number of nitrogens with zero attached hydrogens (tertiary/aromatic N) is 1. The minimum atomic E-state index is 0. The zero-order chi connectivity index (χ0) is 14.8. The molecule has 0 atom stereocenters. The highest BCUT2D eigenvalue weighted by molar-refractivity contribution is 14.0. The van der Waals surface area contributed by atoms with Gasteiger partial charge < -0.3 is 19.8 Å². The molecule has 0 aliphatic heterocycles. The zero-order valence-electron chi connectivity index (χ0n) is 13.1. The van der Waals surface area contributed by atoms with E-state index in [2.05, 4.69) is 34.7 Å². The minimum Gasteiger partial charge on any atom is -0.467 e. The Bertz CT molecular complexity index is 438. The van der Waals surface area contributed by atoms with Gasteiger partial charge in [-0.1, -0.05) is 12.2 Å². The predicted molar refractivity (Wildman–Crippen MR) is 99.7 cm³/mol. The molecule has 6 heteroatoms. The van der Waals surface area contributed by atoms with Gasteiger partial charge >= 0.3 is 0 Å². The Morgan fingerprint density at radius 2 is 2.23 bits per heavy atom. The van der Waals surface area contributed by atoms with Crippen molar-refractivity contribution >= 4 is 29.9 Å². The van der Waals surface area contributed by atoms with E-state index in [-0.39, 0.29) is 24.0 Å². The summed E-state index contributed by atoms with van der Waals surface area (Å²) in [6.07, 6.45) is 9.15. The molecule has 0 aromatic carbocycles. The van der Waals surface area contributed by atoms with E-state index in [0.717, 1.165) is 44.1 Å². The first kappa shape index (κ1) is 19.0. The van der Waals surface area contributed by atoms with Crippen molar-refractivity contribution in [1.29, 1.82) is 0 Å². The molecular weight excluding hydrogens is 393 g/mol. The van der Waals surface area contributed by atoms with Crippen LogP contribution in [0.3, 0.4) is 0 Å². The number of halogens is 1. The van der Waals surface area contributed by atoms with E-state index in [1.807, 2.05) is 12.1 Å². The van der Waals surface area contributed by atoms with Crippen LogP contribution in [0.1, 0.15) is 31.9 Å². The summed E-state index contributed by atoms with van der Waals surface area (Å²) in [6, 6.07) is 4.27. The highest BCUT2D eigenvalue weighted by Gasteiger charge is 2.11. The first-order chi connectivity index (χ1) is 10.4. The van der Waals surface area contributed by atoms with Gasteiger partial charge in [0.25, 0.3) is 0 Å². The number of guanidine groups is 1. The van der Waals surface area contributed by atoms with E-state index in [1.54, 1.807) is 6.26 Å². The van der Waals surface area contributed by atoms with Gasteiger partial charge in [0.05, 0.1) is 6.26 Å². The maximum absolute atomic E-state index is 5.54. The van der Waals surface area contributed by atoms with Crippen molar-refractivity contribution < 1.29 is 9.15 Å². The fourth-order valence-corrected chi connectivity index (χ4v) is 2.17. The van der Waals surface area contributed by atoms with Gasteiger partial charge in [-0.25, -0.2) is 0 Å². The highest BCUT2D eigenvalue weighted by Crippen LogP contribution is 2.08. The molecule has 2 N–H and O–H groups in total. The van der Waals surface area contributed by atoms with Crippen LogP contribution in [0.2, 0.25) is 0 Å². The molecule has 22 heavy (non-hydrogen) atoms. The van der Waals surface area contributed by atoms with Crippen LogP contribution in [0.4, 0.5) is 0 Å². The fraction of sp³-hybridized carbons (Fsp3) is 0.562. The molecule has 0 bridgehead atoms. The summed E-state index contributed by atoms with van der Waals surface area (Å²) in [5.74, 6) is 1.76. The number of aliphatic imine (C=N–C) groups is 1. The highest BCUT2D eigenvalue weighted by atomic mass is 127. The standard InChI is InChI=1S/C16H25N3O2.HI/c1-2-17-16(19-14-7-3-4-8-14)18-10-6-11-20-13-15-9-5-12-21-15;/h3-5,9,12,14H,2,6-8,10-11,13H2,1H3,(H2,17,18,19);1H. The average molecular weight is 419 g/mol. The van der Waals surface area contributed by atoms with E-state index in [4.69, 9.17) is 9.15 Å². The van der Waals surface area contributed by atoms with Crippen molar-refractivity contribution in [3.63, 3.8) is 0 Å². The first-order valence-electron chi connectivity index (χ1n) is 7.68. The van der Waals surface area contributed by atoms with Crippen LogP contribution in [0.5, 0.6) is 0 Å². The number of furan rings is 1. The van der Waals surface area contributed by atoms with Crippen LogP contribution in [-0.2, 0) is 11.3 Å². The lowest BCUT2D eigenvalue weighted by Crippen LogP contribution is -2.42. The Labute approximate surface area is 149 Å². The lowest BCUT2D eigenvalue weighted by molar-refractivity contribution is 0.105. The van der Waals surface area contributed by atoms with E-state index in [9.17, 15) is 0 Å². The van der Waals surface area contributed by atoms with Gasteiger partial charge in [0, 0.05) is 25.7 Å². The first-order valence-corrected chi connectivity index (χ1v) is 7.68. The molecule has 0 amide bonds. The molecule has 1 aliphatic carbocycles. The third kappa shape index (κ3) is 7.31. The number of hydrogen-bond donors (Lipinski definition) is 2. The quantitative estimate of drug-likeness (QED) is 0.224. The molecule has 0 saturated carbocycles. The molecule has 0 unspecified atom stereocenters. The van der Waals surface area contributed by atoms with Crippen molar-refractivity contribution in [3.8, 4) is 0 Å². The Hall–Kier alpha value is -1.02. The number of ether oxygens (including phenoxy) is 1. The van der Waals surface area contributed by atoms with Crippen LogP contribution in [-0.4, -0.2) is 31.7 Å². The monoisotopic (exact) mass is 419 g/mol. The average Bonchev–Trinajstić information content (AvgIpc) is 3.16. The summed E-state index contributed by atoms with van der Waals surface area (Å²) < 4.78 is 10.7. The number of rotatable bonds is 8. The van der Waals surface area contributed by atoms with Crippen LogP contribution in [0.15, 0.2) is 40.0 Å². The minimum absolute atomic E-state index is 0. The van der Waals surface area contributed by atoms with Crippen LogP contribution in [0, 0.1) is 0 Å². The Balaban J connectivity index is 0.00000242. The van der Waals surface area contributed by atoms with E-state index >= 15 is 0 Å². The van der Waals surface area contributed by atoms with Crippen molar-refractivity contribution in [3.05, 3.63) is 36.3 Å². The molecule has 0 fully saturated rings. The van der Waals surface area contributed by atoms with Crippen LogP contribution in [0.25, 0.3) is 0 Å². The molecule has 0 radical (unpaired) electrons. The van der Waals surface area contributed by atoms with E-state index < -0.39 is 0 Å². The molecule has 1 aromatic rings. The molecule has 124 valence electrons. The van der Waals surface area contributed by atoms with Crippen molar-refractivity contribution in [2.24, 2.45) is 4.99 Å². The SMILES string of the molecule is CCNC(=NCCCOCc1ccco1)NC1CC=CC1.I. The number of hydrogen-bond acceptors (Lipinski definition) is 3. The summed E-state index contributed by atoms with van der Waals surface area (Å²) in [7, 11) is 0. The molecular formula is C16H26IN3O2. The summed E-state index contributed by atoms with van der Waals surface area (Å²) in [4.78, 5) is 4.57. The fourth-order valence-electron chi connectivity index (χ4n) is 2.17. The smallest absolute Gasteiger partial charge is 0.191 e. The van der Waals surface area contributed by atoms with Gasteiger partial charge in [0.15, 0.2) is 5.96 Å². The lowest BCUT2D eigenvalue weighted by atomic mass is 10.2. The Kier molecular flexibility index (Phi) is 9.98. The molecule has 5 nitrogen and oxygen atoms in total. The molecule has 1 aliphatic rings. The van der Waals surface area contributed by atoms with Crippen LogP contribution >= 0.6 is 24.0 Å². The van der Waals surface area contributed by atoms with Gasteiger partial charge in [-0.05, 0) is 38.3 Å². The second-order valence-corrected chi connectivity index (χ2v) is 5.03. The van der Waals surface area contributed by atoms with Gasteiger partial charge in [-0.3, -0.25) is 4.99 Å². The second kappa shape index (κ2) is 11.5. The maximum atomic E-state index is 5.54. The summed E-state index contributed by atoms with van der Waals surface area (Å²) in [5, 5.41) is 6.73. The second-order valence-electron chi connectivity index (χ2n) is 5.03. The normalized spacial score (nSPS) is 14.9. The molecule has 2 rings (SSSR count). The maximum Gasteiger partial charge on any atom is 0.191 e. The summed E-state index contributed by atoms with van der Waals surface area (Å²) in [6.45, 7) is 4.93. The van der Waals surface area contributed by atoms with E-state index in [0.29, 0.717) is 19.3 Å². The third-order valence-corrected chi connectivity index (χ3v) is 3.23. The summed E-state index contributed by atoms with van der Waals surface area (Å²) >= 11 is 0. The molecule has 0 saturated heterocycles.